The lowest BCUT2D eigenvalue weighted by atomic mass is 10.0. The van der Waals surface area contributed by atoms with Gasteiger partial charge in [0.25, 0.3) is 5.91 Å². The number of aliphatic carboxylic acids is 1. The first-order chi connectivity index (χ1) is 11.4. The molecule has 0 saturated heterocycles. The molecule has 1 aromatic carbocycles. The Balaban J connectivity index is 2.09. The van der Waals surface area contributed by atoms with E-state index in [4.69, 9.17) is 4.74 Å². The van der Waals surface area contributed by atoms with Crippen molar-refractivity contribution in [2.75, 3.05) is 13.2 Å². The van der Waals surface area contributed by atoms with Crippen molar-refractivity contribution in [2.24, 2.45) is 7.05 Å². The normalized spacial score (nSPS) is 17.0. The van der Waals surface area contributed by atoms with Gasteiger partial charge in [0.2, 0.25) is 0 Å². The first kappa shape index (κ1) is 16.0. The standard InChI is InChI=1S/C17H19N3O4/c1-10-14(11(2)19(3)18-10)16(21)20-8-9-24-13-7-5-4-6-12(13)15(20)17(22)23/h4-7,15H,8-9H2,1-3H3,(H,22,23). The highest BCUT2D eigenvalue weighted by Gasteiger charge is 2.37. The number of nitrogens with zero attached hydrogens (tertiary/aromatic N) is 3. The van der Waals surface area contributed by atoms with Crippen molar-refractivity contribution in [3.63, 3.8) is 0 Å². The second-order valence-corrected chi connectivity index (χ2v) is 5.80. The van der Waals surface area contributed by atoms with Gasteiger partial charge in [0.05, 0.1) is 17.8 Å². The molecule has 1 N–H and O–H groups in total. The molecule has 2 aromatic rings. The Morgan fingerprint density at radius 2 is 2.00 bits per heavy atom. The minimum Gasteiger partial charge on any atom is -0.491 e. The highest BCUT2D eigenvalue weighted by Crippen LogP contribution is 2.33. The number of ether oxygens (including phenoxy) is 1. The number of carbonyl (C=O) groups excluding carboxylic acids is 1. The predicted octanol–water partition coefficient (Wildman–Crippen LogP) is 1.70. The van der Waals surface area contributed by atoms with E-state index in [1.807, 2.05) is 0 Å². The maximum atomic E-state index is 13.1. The number of carbonyl (C=O) groups is 2. The van der Waals surface area contributed by atoms with Crippen LogP contribution in [-0.4, -0.2) is 44.8 Å². The van der Waals surface area contributed by atoms with Gasteiger partial charge in [0.15, 0.2) is 6.04 Å². The van der Waals surface area contributed by atoms with Gasteiger partial charge in [0, 0.05) is 18.3 Å². The zero-order valence-electron chi connectivity index (χ0n) is 13.8. The third-order valence-corrected chi connectivity index (χ3v) is 4.33. The quantitative estimate of drug-likeness (QED) is 0.906. The van der Waals surface area contributed by atoms with Gasteiger partial charge >= 0.3 is 5.97 Å². The molecule has 1 aliphatic heterocycles. The maximum absolute atomic E-state index is 13.1. The van der Waals surface area contributed by atoms with Gasteiger partial charge < -0.3 is 14.7 Å². The van der Waals surface area contributed by atoms with Crippen LogP contribution in [0.25, 0.3) is 0 Å². The second kappa shape index (κ2) is 5.99. The van der Waals surface area contributed by atoms with Crippen LogP contribution >= 0.6 is 0 Å². The number of hydrogen-bond acceptors (Lipinski definition) is 4. The van der Waals surface area contributed by atoms with Crippen LogP contribution < -0.4 is 4.74 Å². The molecule has 0 spiro atoms. The van der Waals surface area contributed by atoms with E-state index in [0.717, 1.165) is 0 Å². The Labute approximate surface area is 139 Å². The average molecular weight is 329 g/mol. The lowest BCUT2D eigenvalue weighted by Crippen LogP contribution is -2.40. The van der Waals surface area contributed by atoms with Crippen molar-refractivity contribution < 1.29 is 19.4 Å². The summed E-state index contributed by atoms with van der Waals surface area (Å²) in [7, 11) is 1.76. The summed E-state index contributed by atoms with van der Waals surface area (Å²) < 4.78 is 7.26. The maximum Gasteiger partial charge on any atom is 0.331 e. The molecular formula is C17H19N3O4. The van der Waals surface area contributed by atoms with E-state index in [-0.39, 0.29) is 19.1 Å². The fourth-order valence-electron chi connectivity index (χ4n) is 3.10. The number of rotatable bonds is 2. The van der Waals surface area contributed by atoms with Crippen LogP contribution in [0.2, 0.25) is 0 Å². The summed E-state index contributed by atoms with van der Waals surface area (Å²) in [6.45, 7) is 3.98. The molecule has 7 nitrogen and oxygen atoms in total. The van der Waals surface area contributed by atoms with Crippen molar-refractivity contribution in [3.8, 4) is 5.75 Å². The SMILES string of the molecule is Cc1nn(C)c(C)c1C(=O)N1CCOc2ccccc2C1C(=O)O. The molecule has 126 valence electrons. The number of amides is 1. The molecule has 1 unspecified atom stereocenters. The number of aromatic nitrogens is 2. The molecule has 1 atom stereocenters. The van der Waals surface area contributed by atoms with Crippen molar-refractivity contribution in [1.29, 1.82) is 0 Å². The van der Waals surface area contributed by atoms with E-state index < -0.39 is 12.0 Å². The molecule has 24 heavy (non-hydrogen) atoms. The van der Waals surface area contributed by atoms with Crippen molar-refractivity contribution in [2.45, 2.75) is 19.9 Å². The zero-order chi connectivity index (χ0) is 17.4. The third kappa shape index (κ3) is 2.51. The van der Waals surface area contributed by atoms with Gasteiger partial charge in [0.1, 0.15) is 12.4 Å². The minimum absolute atomic E-state index is 0.193. The topological polar surface area (TPSA) is 84.7 Å². The Bertz CT molecular complexity index is 812. The fraction of sp³-hybridized carbons (Fsp3) is 0.353. The highest BCUT2D eigenvalue weighted by atomic mass is 16.5. The molecule has 3 rings (SSSR count). The molecule has 2 heterocycles. The van der Waals surface area contributed by atoms with Gasteiger partial charge in [-0.15, -0.1) is 0 Å². The molecule has 1 amide bonds. The number of carboxylic acids is 1. The van der Waals surface area contributed by atoms with Crippen LogP contribution in [0.3, 0.4) is 0 Å². The summed E-state index contributed by atoms with van der Waals surface area (Å²) in [6, 6.07) is 5.84. The van der Waals surface area contributed by atoms with Gasteiger partial charge in [-0.25, -0.2) is 4.79 Å². The fourth-order valence-corrected chi connectivity index (χ4v) is 3.10. The number of fused-ring (bicyclic) bond motifs is 1. The molecular weight excluding hydrogens is 310 g/mol. The summed E-state index contributed by atoms with van der Waals surface area (Å²) in [5.74, 6) is -0.925. The van der Waals surface area contributed by atoms with Crippen LogP contribution in [0.15, 0.2) is 24.3 Å². The lowest BCUT2D eigenvalue weighted by Gasteiger charge is -2.27. The van der Waals surface area contributed by atoms with Gasteiger partial charge in [-0.05, 0) is 19.9 Å². The zero-order valence-corrected chi connectivity index (χ0v) is 13.8. The van der Waals surface area contributed by atoms with Crippen LogP contribution in [-0.2, 0) is 11.8 Å². The monoisotopic (exact) mass is 329 g/mol. The Hall–Kier alpha value is -2.83. The number of para-hydroxylation sites is 1. The number of benzene rings is 1. The Morgan fingerprint density at radius 1 is 1.29 bits per heavy atom. The van der Waals surface area contributed by atoms with E-state index in [1.54, 1.807) is 49.8 Å². The second-order valence-electron chi connectivity index (χ2n) is 5.80. The third-order valence-electron chi connectivity index (χ3n) is 4.33. The largest absolute Gasteiger partial charge is 0.491 e. The Morgan fingerprint density at radius 3 is 2.62 bits per heavy atom. The van der Waals surface area contributed by atoms with Gasteiger partial charge in [-0.2, -0.15) is 5.10 Å². The van der Waals surface area contributed by atoms with E-state index in [0.29, 0.717) is 28.3 Å². The smallest absolute Gasteiger partial charge is 0.331 e. The number of aryl methyl sites for hydroxylation is 2. The number of carboxylic acid groups (broad SMARTS) is 1. The van der Waals surface area contributed by atoms with E-state index in [2.05, 4.69) is 5.10 Å². The van der Waals surface area contributed by atoms with E-state index >= 15 is 0 Å². The van der Waals surface area contributed by atoms with Crippen LogP contribution in [0.5, 0.6) is 5.75 Å². The molecule has 7 heteroatoms. The van der Waals surface area contributed by atoms with Gasteiger partial charge in [-0.3, -0.25) is 9.48 Å². The summed E-state index contributed by atoms with van der Waals surface area (Å²) in [6.07, 6.45) is 0. The summed E-state index contributed by atoms with van der Waals surface area (Å²) >= 11 is 0. The van der Waals surface area contributed by atoms with Crippen molar-refractivity contribution in [3.05, 3.63) is 46.8 Å². The summed E-state index contributed by atoms with van der Waals surface area (Å²) in [4.78, 5) is 26.4. The highest BCUT2D eigenvalue weighted by molar-refractivity contribution is 5.99. The molecule has 0 bridgehead atoms. The van der Waals surface area contributed by atoms with Crippen molar-refractivity contribution >= 4 is 11.9 Å². The van der Waals surface area contributed by atoms with Gasteiger partial charge in [-0.1, -0.05) is 18.2 Å². The van der Waals surface area contributed by atoms with E-state index in [9.17, 15) is 14.7 Å². The van der Waals surface area contributed by atoms with Crippen molar-refractivity contribution in [1.82, 2.24) is 14.7 Å². The first-order valence-electron chi connectivity index (χ1n) is 7.67. The molecule has 1 aromatic heterocycles. The van der Waals surface area contributed by atoms with Crippen LogP contribution in [0, 0.1) is 13.8 Å². The van der Waals surface area contributed by atoms with E-state index in [1.165, 1.54) is 4.90 Å². The predicted molar refractivity (Wildman–Crippen MR) is 86.0 cm³/mol. The molecule has 0 radical (unpaired) electrons. The summed E-state index contributed by atoms with van der Waals surface area (Å²) in [5, 5.41) is 14.0. The minimum atomic E-state index is -1.09. The molecule has 0 saturated carbocycles. The Kier molecular flexibility index (Phi) is 4.01. The lowest BCUT2D eigenvalue weighted by molar-refractivity contribution is -0.142. The number of hydrogen-bond donors (Lipinski definition) is 1. The summed E-state index contributed by atoms with van der Waals surface area (Å²) in [5.41, 5.74) is 2.22. The van der Waals surface area contributed by atoms with Crippen LogP contribution in [0.4, 0.5) is 0 Å². The molecule has 0 fully saturated rings. The molecule has 0 aliphatic carbocycles. The average Bonchev–Trinajstić information content (AvgIpc) is 2.72. The first-order valence-corrected chi connectivity index (χ1v) is 7.67. The molecule has 1 aliphatic rings. The van der Waals surface area contributed by atoms with Crippen LogP contribution in [0.1, 0.15) is 33.4 Å².